The van der Waals surface area contributed by atoms with Crippen molar-refractivity contribution in [2.75, 3.05) is 12.3 Å². The number of carbonyl (C=O) groups excluding carboxylic acids is 1. The van der Waals surface area contributed by atoms with Crippen molar-refractivity contribution in [3.63, 3.8) is 0 Å². The minimum atomic E-state index is -1.10. The molecule has 1 rings (SSSR count). The van der Waals surface area contributed by atoms with Crippen LogP contribution in [-0.4, -0.2) is 12.6 Å². The normalized spacial score (nSPS) is 12.2. The lowest BCUT2D eigenvalue weighted by Crippen LogP contribution is -2.16. The molecule has 2 N–H and O–H groups in total. The van der Waals surface area contributed by atoms with Crippen LogP contribution in [0.1, 0.15) is 25.3 Å². The Morgan fingerprint density at radius 1 is 1.50 bits per heavy atom. The Bertz CT molecular complexity index is 407. The fraction of sp³-hybridized carbons (Fsp3) is 0.364. The molecule has 0 bridgehead atoms. The predicted octanol–water partition coefficient (Wildman–Crippen LogP) is 2.21. The van der Waals surface area contributed by atoms with Crippen LogP contribution < -0.4 is 5.73 Å². The van der Waals surface area contributed by atoms with E-state index in [0.717, 1.165) is 6.07 Å². The molecule has 0 aliphatic rings. The summed E-state index contributed by atoms with van der Waals surface area (Å²) in [5, 5.41) is 0. The Kier molecular flexibility index (Phi) is 3.82. The Morgan fingerprint density at radius 2 is 2.12 bits per heavy atom. The fourth-order valence-corrected chi connectivity index (χ4v) is 1.41. The highest BCUT2D eigenvalue weighted by molar-refractivity contribution is 5.80. The standard InChI is InChI=1S/C11H13F2NO2/c1-3-16-11(15)6(2)9-8(14)5-4-7(12)10(9)13/h4-6H,3,14H2,1-2H3. The predicted molar refractivity (Wildman–Crippen MR) is 55.8 cm³/mol. The van der Waals surface area contributed by atoms with E-state index in [0.29, 0.717) is 0 Å². The van der Waals surface area contributed by atoms with Gasteiger partial charge in [-0.1, -0.05) is 0 Å². The third kappa shape index (κ3) is 2.29. The first-order valence-electron chi connectivity index (χ1n) is 4.89. The SMILES string of the molecule is CCOC(=O)C(C)c1c(N)ccc(F)c1F. The van der Waals surface area contributed by atoms with Gasteiger partial charge >= 0.3 is 5.97 Å². The molecular formula is C11H13F2NO2. The second-order valence-corrected chi connectivity index (χ2v) is 3.34. The summed E-state index contributed by atoms with van der Waals surface area (Å²) < 4.78 is 31.2. The quantitative estimate of drug-likeness (QED) is 0.638. The summed E-state index contributed by atoms with van der Waals surface area (Å²) in [5.74, 6) is -3.67. The van der Waals surface area contributed by atoms with E-state index in [4.69, 9.17) is 10.5 Å². The molecule has 0 aliphatic heterocycles. The number of halogens is 2. The van der Waals surface area contributed by atoms with Crippen LogP contribution in [0.3, 0.4) is 0 Å². The second-order valence-electron chi connectivity index (χ2n) is 3.34. The summed E-state index contributed by atoms with van der Waals surface area (Å²) in [4.78, 5) is 11.4. The molecule has 0 aliphatic carbocycles. The van der Waals surface area contributed by atoms with Crippen LogP contribution in [0.5, 0.6) is 0 Å². The van der Waals surface area contributed by atoms with E-state index >= 15 is 0 Å². The molecule has 16 heavy (non-hydrogen) atoms. The first-order chi connectivity index (χ1) is 7.49. The molecule has 5 heteroatoms. The van der Waals surface area contributed by atoms with Crippen LogP contribution in [0.15, 0.2) is 12.1 Å². The van der Waals surface area contributed by atoms with E-state index in [1.807, 2.05) is 0 Å². The molecule has 88 valence electrons. The number of anilines is 1. The van der Waals surface area contributed by atoms with Crippen LogP contribution in [0, 0.1) is 11.6 Å². The monoisotopic (exact) mass is 229 g/mol. The van der Waals surface area contributed by atoms with Crippen molar-refractivity contribution < 1.29 is 18.3 Å². The number of nitrogen functional groups attached to an aromatic ring is 1. The highest BCUT2D eigenvalue weighted by Crippen LogP contribution is 2.27. The molecular weight excluding hydrogens is 216 g/mol. The van der Waals surface area contributed by atoms with Gasteiger partial charge in [-0.25, -0.2) is 8.78 Å². The van der Waals surface area contributed by atoms with E-state index in [1.165, 1.54) is 13.0 Å². The summed E-state index contributed by atoms with van der Waals surface area (Å²) in [5.41, 5.74) is 5.40. The van der Waals surface area contributed by atoms with Crippen LogP contribution >= 0.6 is 0 Å². The zero-order valence-electron chi connectivity index (χ0n) is 9.09. The van der Waals surface area contributed by atoms with Crippen molar-refractivity contribution in [1.29, 1.82) is 0 Å². The largest absolute Gasteiger partial charge is 0.466 e. The molecule has 0 spiro atoms. The van der Waals surface area contributed by atoms with E-state index in [9.17, 15) is 13.6 Å². The molecule has 0 radical (unpaired) electrons. The summed E-state index contributed by atoms with van der Waals surface area (Å²) in [7, 11) is 0. The van der Waals surface area contributed by atoms with Crippen molar-refractivity contribution in [1.82, 2.24) is 0 Å². The van der Waals surface area contributed by atoms with Gasteiger partial charge in [0.05, 0.1) is 12.5 Å². The number of benzene rings is 1. The van der Waals surface area contributed by atoms with Crippen LogP contribution in [0.25, 0.3) is 0 Å². The van der Waals surface area contributed by atoms with E-state index in [1.54, 1.807) is 6.92 Å². The third-order valence-corrected chi connectivity index (χ3v) is 2.24. The van der Waals surface area contributed by atoms with Gasteiger partial charge in [0.25, 0.3) is 0 Å². The Hall–Kier alpha value is -1.65. The van der Waals surface area contributed by atoms with Crippen LogP contribution in [0.4, 0.5) is 14.5 Å². The van der Waals surface area contributed by atoms with Crippen molar-refractivity contribution in [2.24, 2.45) is 0 Å². The maximum atomic E-state index is 13.5. The number of nitrogens with two attached hydrogens (primary N) is 1. The van der Waals surface area contributed by atoms with Crippen molar-refractivity contribution in [3.05, 3.63) is 29.3 Å². The molecule has 0 aromatic heterocycles. The molecule has 0 saturated heterocycles. The van der Waals surface area contributed by atoms with Crippen molar-refractivity contribution in [2.45, 2.75) is 19.8 Å². The Labute approximate surface area is 92.2 Å². The maximum absolute atomic E-state index is 13.5. The highest BCUT2D eigenvalue weighted by Gasteiger charge is 2.24. The number of hydrogen-bond donors (Lipinski definition) is 1. The summed E-state index contributed by atoms with van der Waals surface area (Å²) >= 11 is 0. The van der Waals surface area contributed by atoms with Crippen LogP contribution in [-0.2, 0) is 9.53 Å². The molecule has 1 atom stereocenters. The molecule has 1 unspecified atom stereocenters. The van der Waals surface area contributed by atoms with Crippen molar-refractivity contribution in [3.8, 4) is 0 Å². The summed E-state index contributed by atoms with van der Waals surface area (Å²) in [6.07, 6.45) is 0. The first kappa shape index (κ1) is 12.4. The first-order valence-corrected chi connectivity index (χ1v) is 4.89. The molecule has 0 amide bonds. The van der Waals surface area contributed by atoms with Crippen molar-refractivity contribution >= 4 is 11.7 Å². The van der Waals surface area contributed by atoms with Crippen LogP contribution in [0.2, 0.25) is 0 Å². The minimum absolute atomic E-state index is 0.0412. The lowest BCUT2D eigenvalue weighted by molar-refractivity contribution is -0.144. The number of carbonyl (C=O) groups is 1. The molecule has 0 saturated carbocycles. The van der Waals surface area contributed by atoms with Gasteiger partial charge in [0.15, 0.2) is 11.6 Å². The smallest absolute Gasteiger partial charge is 0.313 e. The van der Waals surface area contributed by atoms with E-state index in [-0.39, 0.29) is 17.9 Å². The van der Waals surface area contributed by atoms with Gasteiger partial charge in [0, 0.05) is 11.3 Å². The van der Waals surface area contributed by atoms with Gasteiger partial charge < -0.3 is 10.5 Å². The van der Waals surface area contributed by atoms with Gasteiger partial charge in [0.1, 0.15) is 0 Å². The molecule has 0 heterocycles. The molecule has 3 nitrogen and oxygen atoms in total. The Morgan fingerprint density at radius 3 is 2.69 bits per heavy atom. The number of ether oxygens (including phenoxy) is 1. The summed E-state index contributed by atoms with van der Waals surface area (Å²) in [6.45, 7) is 3.24. The zero-order valence-corrected chi connectivity index (χ0v) is 9.09. The number of rotatable bonds is 3. The molecule has 1 aromatic rings. The summed E-state index contributed by atoms with van der Waals surface area (Å²) in [6, 6.07) is 2.15. The van der Waals surface area contributed by atoms with E-state index in [2.05, 4.69) is 0 Å². The lowest BCUT2D eigenvalue weighted by atomic mass is 9.98. The van der Waals surface area contributed by atoms with Gasteiger partial charge in [-0.3, -0.25) is 4.79 Å². The zero-order chi connectivity index (χ0) is 12.3. The third-order valence-electron chi connectivity index (χ3n) is 2.24. The topological polar surface area (TPSA) is 52.3 Å². The Balaban J connectivity index is 3.12. The van der Waals surface area contributed by atoms with Gasteiger partial charge in [0.2, 0.25) is 0 Å². The van der Waals surface area contributed by atoms with Gasteiger partial charge in [-0.2, -0.15) is 0 Å². The highest BCUT2D eigenvalue weighted by atomic mass is 19.2. The number of esters is 1. The average molecular weight is 229 g/mol. The number of hydrogen-bond acceptors (Lipinski definition) is 3. The minimum Gasteiger partial charge on any atom is -0.466 e. The van der Waals surface area contributed by atoms with Gasteiger partial charge in [-0.05, 0) is 26.0 Å². The molecule has 1 aromatic carbocycles. The van der Waals surface area contributed by atoms with Gasteiger partial charge in [-0.15, -0.1) is 0 Å². The molecule has 0 fully saturated rings. The average Bonchev–Trinajstić information content (AvgIpc) is 2.24. The fourth-order valence-electron chi connectivity index (χ4n) is 1.41. The maximum Gasteiger partial charge on any atom is 0.313 e. The van der Waals surface area contributed by atoms with E-state index < -0.39 is 23.5 Å². The second kappa shape index (κ2) is 4.92. The lowest BCUT2D eigenvalue weighted by Gasteiger charge is -2.14.